The molecular formula is C20H18F6NOPbW. The molecule has 0 aliphatic rings. The van der Waals surface area contributed by atoms with Crippen molar-refractivity contribution in [3.63, 3.8) is 0 Å². The summed E-state index contributed by atoms with van der Waals surface area (Å²) < 4.78 is 94.4. The van der Waals surface area contributed by atoms with E-state index in [0.717, 1.165) is 58.3 Å². The van der Waals surface area contributed by atoms with Gasteiger partial charge in [-0.15, -0.1) is 0 Å². The Morgan fingerprint density at radius 2 is 1.57 bits per heavy atom. The van der Waals surface area contributed by atoms with Crippen LogP contribution >= 0.6 is 0 Å². The SMILES string of the molecule is Cc1ccc[c]([Pb]([CH3])[CH2]/C=C/OC(c2ccccc2)(C(F)(F)F)C(F)(F)F)c1[N]=[W]. The molecule has 0 unspecified atom stereocenters. The summed E-state index contributed by atoms with van der Waals surface area (Å²) in [7, 11) is 0. The van der Waals surface area contributed by atoms with E-state index in [0.29, 0.717) is 10.2 Å². The number of hydrogen-bond acceptors (Lipinski definition) is 2. The fraction of sp³-hybridized carbons (Fsp3) is 0.300. The summed E-state index contributed by atoms with van der Waals surface area (Å²) in [6, 6.07) is 10.8. The molecule has 0 saturated heterocycles. The fourth-order valence-electron chi connectivity index (χ4n) is 2.97. The third-order valence-electron chi connectivity index (χ3n) is 4.53. The van der Waals surface area contributed by atoms with Gasteiger partial charge in [-0.25, -0.2) is 0 Å². The molecule has 0 atom stereocenters. The Kier molecular flexibility index (Phi) is 8.46. The number of allylic oxidation sites excluding steroid dienone is 1. The quantitative estimate of drug-likeness (QED) is 0.185. The monoisotopic (exact) mass is 794 g/mol. The molecule has 10 heteroatoms. The van der Waals surface area contributed by atoms with Crippen LogP contribution < -0.4 is 3.12 Å². The molecule has 0 aromatic heterocycles. The molecular weight excluding hydrogens is 775 g/mol. The fourth-order valence-corrected chi connectivity index (χ4v) is 11.7. The maximum absolute atomic E-state index is 13.7. The van der Waals surface area contributed by atoms with Crippen LogP contribution in [0.4, 0.5) is 32.0 Å². The number of nitrogens with zero attached hydrogens (tertiary/aromatic N) is 1. The molecule has 1 radical (unpaired) electrons. The summed E-state index contributed by atoms with van der Waals surface area (Å²) in [5.74, 6) is 0. The summed E-state index contributed by atoms with van der Waals surface area (Å²) in [5.41, 5.74) is -3.55. The molecule has 0 aliphatic heterocycles. The molecule has 0 heterocycles. The van der Waals surface area contributed by atoms with E-state index < -0.39 is 46.2 Å². The Hall–Kier alpha value is -1.03. The predicted octanol–water partition coefficient (Wildman–Crippen LogP) is 6.24. The van der Waals surface area contributed by atoms with E-state index >= 15 is 0 Å². The molecule has 2 nitrogen and oxygen atoms in total. The molecule has 0 saturated carbocycles. The molecule has 0 fully saturated rings. The van der Waals surface area contributed by atoms with Crippen molar-refractivity contribution in [1.82, 2.24) is 0 Å². The second-order valence-corrected chi connectivity index (χ2v) is 17.0. The average molecular weight is 793 g/mol. The Morgan fingerprint density at radius 3 is 2.10 bits per heavy atom. The average Bonchev–Trinajstić information content (AvgIpc) is 2.66. The molecule has 30 heavy (non-hydrogen) atoms. The Bertz CT molecular complexity index is 884. The first kappa shape index (κ1) is 25.2. The molecule has 0 aliphatic carbocycles. The van der Waals surface area contributed by atoms with Gasteiger partial charge in [-0.3, -0.25) is 0 Å². The van der Waals surface area contributed by atoms with Crippen molar-refractivity contribution < 1.29 is 50.7 Å². The molecule has 0 spiro atoms. The summed E-state index contributed by atoms with van der Waals surface area (Å²) in [4.78, 5) is 0. The number of halogens is 6. The standard InChI is InChI=1S/C12H9F6O.C7H6N.CH3.Pb.W/c1-2-8-19-10(11(13,14)15,12(16,17)18)9-6-4-3-5-7-9;1-6-4-2-3-5-7(6)8;;;/h2-8H,1H2;2-4H,1H3;1H3;;/b8-2+;;;;. The van der Waals surface area contributed by atoms with Gasteiger partial charge >= 0.3 is 191 Å². The van der Waals surface area contributed by atoms with Crippen LogP contribution in [0, 0.1) is 6.92 Å². The second-order valence-electron chi connectivity index (χ2n) is 6.58. The van der Waals surface area contributed by atoms with Crippen LogP contribution in [0.5, 0.6) is 0 Å². The summed E-state index contributed by atoms with van der Waals surface area (Å²) >= 11 is -1.48. The normalized spacial score (nSPS) is 13.1. The van der Waals surface area contributed by atoms with E-state index in [1.807, 2.05) is 29.6 Å². The first-order valence-electron chi connectivity index (χ1n) is 8.73. The van der Waals surface area contributed by atoms with Crippen molar-refractivity contribution in [2.45, 2.75) is 33.3 Å². The van der Waals surface area contributed by atoms with Crippen LogP contribution in [0.1, 0.15) is 11.1 Å². The van der Waals surface area contributed by atoms with Crippen LogP contribution in [-0.2, 0) is 30.0 Å². The molecule has 0 N–H and O–H groups in total. The first-order chi connectivity index (χ1) is 14.0. The van der Waals surface area contributed by atoms with Crippen LogP contribution in [0.2, 0.25) is 8.46 Å². The topological polar surface area (TPSA) is 21.6 Å². The van der Waals surface area contributed by atoms with Crippen molar-refractivity contribution >= 4 is 31.5 Å². The zero-order valence-electron chi connectivity index (χ0n) is 16.0. The van der Waals surface area contributed by atoms with Crippen molar-refractivity contribution in [3.05, 3.63) is 72.0 Å². The van der Waals surface area contributed by atoms with Gasteiger partial charge in [0.2, 0.25) is 0 Å². The number of hydrogen-bond donors (Lipinski definition) is 0. The zero-order valence-corrected chi connectivity index (χ0v) is 22.8. The zero-order chi connectivity index (χ0) is 22.6. The maximum atomic E-state index is 13.7. The van der Waals surface area contributed by atoms with Crippen molar-refractivity contribution in [1.29, 1.82) is 0 Å². The molecule has 2 aromatic rings. The first-order valence-corrected chi connectivity index (χ1v) is 18.6. The predicted molar refractivity (Wildman–Crippen MR) is 99.8 cm³/mol. The molecule has 0 bridgehead atoms. The van der Waals surface area contributed by atoms with E-state index in [1.54, 1.807) is 0 Å². The van der Waals surface area contributed by atoms with E-state index in [4.69, 9.17) is 0 Å². The Morgan fingerprint density at radius 1 is 0.967 bits per heavy atom. The van der Waals surface area contributed by atoms with Gasteiger partial charge in [0.1, 0.15) is 0 Å². The number of alkyl halides is 6. The summed E-state index contributed by atoms with van der Waals surface area (Å²) in [6.07, 6.45) is -9.57. The van der Waals surface area contributed by atoms with Crippen molar-refractivity contribution in [3.8, 4) is 0 Å². The minimum atomic E-state index is -5.69. The number of rotatable bonds is 7. The van der Waals surface area contributed by atoms with Crippen LogP contribution in [0.25, 0.3) is 0 Å². The van der Waals surface area contributed by atoms with E-state index in [1.165, 1.54) is 12.1 Å². The van der Waals surface area contributed by atoms with E-state index in [9.17, 15) is 26.3 Å². The second kappa shape index (κ2) is 10.1. The van der Waals surface area contributed by atoms with Gasteiger partial charge < -0.3 is 0 Å². The van der Waals surface area contributed by atoms with Crippen molar-refractivity contribution in [2.24, 2.45) is 3.50 Å². The van der Waals surface area contributed by atoms with Gasteiger partial charge in [-0.1, -0.05) is 0 Å². The number of benzene rings is 2. The third-order valence-corrected chi connectivity index (χ3v) is 13.6. The van der Waals surface area contributed by atoms with Crippen LogP contribution in [0.3, 0.4) is 0 Å². The molecule has 2 rings (SSSR count). The molecule has 2 aromatic carbocycles. The van der Waals surface area contributed by atoms with Gasteiger partial charge in [0.15, 0.2) is 0 Å². The Labute approximate surface area is 190 Å². The van der Waals surface area contributed by atoms with E-state index in [2.05, 4.69) is 8.23 Å². The van der Waals surface area contributed by atoms with Gasteiger partial charge in [0.25, 0.3) is 0 Å². The van der Waals surface area contributed by atoms with Gasteiger partial charge in [-0.2, -0.15) is 0 Å². The number of aryl methyl sites for hydroxylation is 1. The van der Waals surface area contributed by atoms with Gasteiger partial charge in [0.05, 0.1) is 0 Å². The Balaban J connectivity index is 2.32. The summed E-state index contributed by atoms with van der Waals surface area (Å²) in [5, 5.41) is 0. The minimum absolute atomic E-state index is 0.395. The van der Waals surface area contributed by atoms with E-state index in [-0.39, 0.29) is 0 Å². The third kappa shape index (κ3) is 5.23. The molecule has 161 valence electrons. The van der Waals surface area contributed by atoms with Crippen molar-refractivity contribution in [2.75, 3.05) is 0 Å². The number of ether oxygens (including phenoxy) is 1. The van der Waals surface area contributed by atoms with Crippen LogP contribution in [0.15, 0.2) is 64.4 Å². The van der Waals surface area contributed by atoms with Gasteiger partial charge in [0, 0.05) is 0 Å². The summed E-state index contributed by atoms with van der Waals surface area (Å²) in [6.45, 7) is 1.92. The van der Waals surface area contributed by atoms with Crippen LogP contribution in [-0.4, -0.2) is 35.1 Å². The molecule has 0 amide bonds. The van der Waals surface area contributed by atoms with Gasteiger partial charge in [-0.05, 0) is 0 Å².